The second kappa shape index (κ2) is 6.33. The Hall–Kier alpha value is -1.46. The van der Waals surface area contributed by atoms with E-state index in [0.29, 0.717) is 11.1 Å². The SMILES string of the molecule is CC1CC(OCc2ccc(C(=N)N)cc2F)CC(C)O1. The van der Waals surface area contributed by atoms with E-state index in [4.69, 9.17) is 20.6 Å². The number of amidine groups is 1. The van der Waals surface area contributed by atoms with Gasteiger partial charge in [-0.15, -0.1) is 0 Å². The van der Waals surface area contributed by atoms with Crippen molar-refractivity contribution in [1.82, 2.24) is 0 Å². The molecule has 20 heavy (non-hydrogen) atoms. The lowest BCUT2D eigenvalue weighted by atomic mass is 10.0. The van der Waals surface area contributed by atoms with Crippen molar-refractivity contribution in [2.24, 2.45) is 5.73 Å². The Bertz CT molecular complexity index is 483. The van der Waals surface area contributed by atoms with E-state index in [1.54, 1.807) is 12.1 Å². The van der Waals surface area contributed by atoms with E-state index in [9.17, 15) is 4.39 Å². The van der Waals surface area contributed by atoms with Gasteiger partial charge in [-0.05, 0) is 32.8 Å². The Morgan fingerprint density at radius 3 is 2.60 bits per heavy atom. The third kappa shape index (κ3) is 3.77. The van der Waals surface area contributed by atoms with Crippen LogP contribution >= 0.6 is 0 Å². The number of hydrogen-bond donors (Lipinski definition) is 2. The van der Waals surface area contributed by atoms with E-state index in [-0.39, 0.29) is 36.6 Å². The number of halogens is 1. The van der Waals surface area contributed by atoms with Crippen molar-refractivity contribution >= 4 is 5.84 Å². The van der Waals surface area contributed by atoms with Gasteiger partial charge in [0.2, 0.25) is 0 Å². The predicted molar refractivity (Wildman–Crippen MR) is 75.2 cm³/mol. The highest BCUT2D eigenvalue weighted by atomic mass is 19.1. The second-order valence-corrected chi connectivity index (χ2v) is 5.38. The number of nitrogens with one attached hydrogen (secondary N) is 1. The average molecular weight is 280 g/mol. The van der Waals surface area contributed by atoms with E-state index < -0.39 is 0 Å². The summed E-state index contributed by atoms with van der Waals surface area (Å²) in [6, 6.07) is 4.54. The lowest BCUT2D eigenvalue weighted by Gasteiger charge is -2.32. The fraction of sp³-hybridized carbons (Fsp3) is 0.533. The lowest BCUT2D eigenvalue weighted by molar-refractivity contribution is -0.106. The van der Waals surface area contributed by atoms with Crippen molar-refractivity contribution in [1.29, 1.82) is 5.41 Å². The molecule has 4 nitrogen and oxygen atoms in total. The molecular formula is C15H21FN2O2. The van der Waals surface area contributed by atoms with Crippen molar-refractivity contribution in [3.8, 4) is 0 Å². The van der Waals surface area contributed by atoms with Gasteiger partial charge in [0.1, 0.15) is 11.7 Å². The fourth-order valence-electron chi connectivity index (χ4n) is 2.52. The van der Waals surface area contributed by atoms with Crippen molar-refractivity contribution in [2.75, 3.05) is 0 Å². The van der Waals surface area contributed by atoms with Crippen molar-refractivity contribution < 1.29 is 13.9 Å². The molecule has 0 radical (unpaired) electrons. The quantitative estimate of drug-likeness (QED) is 0.658. The summed E-state index contributed by atoms with van der Waals surface area (Å²) in [4.78, 5) is 0. The van der Waals surface area contributed by atoms with Crippen LogP contribution in [0.15, 0.2) is 18.2 Å². The minimum Gasteiger partial charge on any atom is -0.384 e. The van der Waals surface area contributed by atoms with Gasteiger partial charge in [0.25, 0.3) is 0 Å². The van der Waals surface area contributed by atoms with Crippen LogP contribution < -0.4 is 5.73 Å². The van der Waals surface area contributed by atoms with Crippen LogP contribution in [0.25, 0.3) is 0 Å². The molecule has 0 bridgehead atoms. The molecule has 2 rings (SSSR count). The highest BCUT2D eigenvalue weighted by molar-refractivity contribution is 5.94. The molecule has 0 aromatic heterocycles. The van der Waals surface area contributed by atoms with Crippen LogP contribution in [-0.4, -0.2) is 24.1 Å². The van der Waals surface area contributed by atoms with E-state index in [1.165, 1.54) is 6.07 Å². The first-order chi connectivity index (χ1) is 9.45. The minimum absolute atomic E-state index is 0.0978. The zero-order chi connectivity index (χ0) is 14.7. The summed E-state index contributed by atoms with van der Waals surface area (Å²) < 4.78 is 25.3. The number of benzene rings is 1. The Morgan fingerprint density at radius 1 is 1.40 bits per heavy atom. The third-order valence-corrected chi connectivity index (χ3v) is 3.49. The number of hydrogen-bond acceptors (Lipinski definition) is 3. The standard InChI is InChI=1S/C15H21FN2O2/c1-9-5-13(6-10(2)20-9)19-8-12-4-3-11(15(17)18)7-14(12)16/h3-4,7,9-10,13H,5-6,8H2,1-2H3,(H3,17,18). The van der Waals surface area contributed by atoms with Crippen LogP contribution in [0.2, 0.25) is 0 Å². The number of ether oxygens (including phenoxy) is 2. The Balaban J connectivity index is 1.95. The second-order valence-electron chi connectivity index (χ2n) is 5.38. The van der Waals surface area contributed by atoms with Crippen LogP contribution in [0.4, 0.5) is 4.39 Å². The molecule has 0 saturated carbocycles. The zero-order valence-corrected chi connectivity index (χ0v) is 11.9. The maximum atomic E-state index is 13.9. The molecule has 1 saturated heterocycles. The summed E-state index contributed by atoms with van der Waals surface area (Å²) in [5, 5.41) is 7.28. The van der Waals surface area contributed by atoms with Gasteiger partial charge >= 0.3 is 0 Å². The van der Waals surface area contributed by atoms with E-state index >= 15 is 0 Å². The molecule has 1 aromatic carbocycles. The number of rotatable bonds is 4. The molecule has 5 heteroatoms. The smallest absolute Gasteiger partial charge is 0.129 e. The van der Waals surface area contributed by atoms with Gasteiger partial charge < -0.3 is 15.2 Å². The molecule has 2 unspecified atom stereocenters. The van der Waals surface area contributed by atoms with Gasteiger partial charge in [0.15, 0.2) is 0 Å². The van der Waals surface area contributed by atoms with Crippen LogP contribution in [0.5, 0.6) is 0 Å². The monoisotopic (exact) mass is 280 g/mol. The zero-order valence-electron chi connectivity index (χ0n) is 11.9. The molecule has 1 aliphatic rings. The lowest BCUT2D eigenvalue weighted by Crippen LogP contribution is -2.34. The fourth-order valence-corrected chi connectivity index (χ4v) is 2.52. The van der Waals surface area contributed by atoms with Gasteiger partial charge in [-0.3, -0.25) is 5.41 Å². The molecule has 1 heterocycles. The highest BCUT2D eigenvalue weighted by Crippen LogP contribution is 2.23. The van der Waals surface area contributed by atoms with Crippen molar-refractivity contribution in [3.63, 3.8) is 0 Å². The molecule has 2 atom stereocenters. The maximum Gasteiger partial charge on any atom is 0.129 e. The number of nitrogen functional groups attached to an aromatic ring is 1. The highest BCUT2D eigenvalue weighted by Gasteiger charge is 2.25. The normalized spacial score (nSPS) is 26.4. The molecule has 1 fully saturated rings. The van der Waals surface area contributed by atoms with Crippen LogP contribution in [-0.2, 0) is 16.1 Å². The topological polar surface area (TPSA) is 68.3 Å². The first-order valence-corrected chi connectivity index (χ1v) is 6.85. The van der Waals surface area contributed by atoms with E-state index in [2.05, 4.69) is 0 Å². The largest absolute Gasteiger partial charge is 0.384 e. The summed E-state index contributed by atoms with van der Waals surface area (Å²) >= 11 is 0. The minimum atomic E-state index is -0.383. The molecule has 0 aliphatic carbocycles. The molecule has 110 valence electrons. The summed E-state index contributed by atoms with van der Waals surface area (Å²) in [6.07, 6.45) is 2.11. The summed E-state index contributed by atoms with van der Waals surface area (Å²) in [5.74, 6) is -0.519. The van der Waals surface area contributed by atoms with Gasteiger partial charge in [-0.1, -0.05) is 12.1 Å². The van der Waals surface area contributed by atoms with Gasteiger partial charge in [-0.2, -0.15) is 0 Å². The van der Waals surface area contributed by atoms with Crippen molar-refractivity contribution in [2.45, 2.75) is 51.6 Å². The molecule has 1 aliphatic heterocycles. The summed E-state index contributed by atoms with van der Waals surface area (Å²) in [6.45, 7) is 4.27. The molecule has 0 amide bonds. The van der Waals surface area contributed by atoms with Gasteiger partial charge in [0.05, 0.1) is 24.9 Å². The first kappa shape index (κ1) is 14.9. The van der Waals surface area contributed by atoms with Crippen molar-refractivity contribution in [3.05, 3.63) is 35.1 Å². The van der Waals surface area contributed by atoms with E-state index in [1.807, 2.05) is 13.8 Å². The van der Waals surface area contributed by atoms with Gasteiger partial charge in [0, 0.05) is 11.1 Å². The predicted octanol–water partition coefficient (Wildman–Crippen LogP) is 2.58. The average Bonchev–Trinajstić information content (AvgIpc) is 2.36. The first-order valence-electron chi connectivity index (χ1n) is 6.85. The summed E-state index contributed by atoms with van der Waals surface area (Å²) in [5.41, 5.74) is 6.20. The maximum absolute atomic E-state index is 13.9. The number of nitrogens with two attached hydrogens (primary N) is 1. The third-order valence-electron chi connectivity index (χ3n) is 3.49. The Morgan fingerprint density at radius 2 is 2.05 bits per heavy atom. The van der Waals surface area contributed by atoms with Crippen LogP contribution in [0.3, 0.4) is 0 Å². The Kier molecular flexibility index (Phi) is 4.73. The molecular weight excluding hydrogens is 259 g/mol. The molecule has 3 N–H and O–H groups in total. The molecule has 0 spiro atoms. The van der Waals surface area contributed by atoms with Crippen LogP contribution in [0, 0.1) is 11.2 Å². The van der Waals surface area contributed by atoms with Crippen LogP contribution in [0.1, 0.15) is 37.8 Å². The molecule has 1 aromatic rings. The van der Waals surface area contributed by atoms with Gasteiger partial charge in [-0.25, -0.2) is 4.39 Å². The Labute approximate surface area is 118 Å². The summed E-state index contributed by atoms with van der Waals surface area (Å²) in [7, 11) is 0. The van der Waals surface area contributed by atoms with E-state index in [0.717, 1.165) is 12.8 Å².